The predicted molar refractivity (Wildman–Crippen MR) is 63.8 cm³/mol. The lowest BCUT2D eigenvalue weighted by molar-refractivity contribution is 0.316. The largest absolute Gasteiger partial charge is 0.330 e. The number of nitrogens with zero attached hydrogens (tertiary/aromatic N) is 1. The predicted octanol–water partition coefficient (Wildman–Crippen LogP) is 0.798. The van der Waals surface area contributed by atoms with Crippen molar-refractivity contribution in [2.24, 2.45) is 11.7 Å². The summed E-state index contributed by atoms with van der Waals surface area (Å²) in [5.41, 5.74) is 5.60. The zero-order valence-corrected chi connectivity index (χ0v) is 9.91. The molecule has 0 bridgehead atoms. The van der Waals surface area contributed by atoms with Crippen molar-refractivity contribution in [3.05, 3.63) is 0 Å². The Hall–Kier alpha value is -0.120. The number of rotatable bonds is 6. The average molecular weight is 211 g/mol. The van der Waals surface area contributed by atoms with Gasteiger partial charge in [-0.05, 0) is 44.7 Å². The summed E-state index contributed by atoms with van der Waals surface area (Å²) >= 11 is 0. The van der Waals surface area contributed by atoms with Gasteiger partial charge in [0.1, 0.15) is 0 Å². The molecule has 0 aromatic rings. The Morgan fingerprint density at radius 2 is 2.20 bits per heavy atom. The summed E-state index contributed by atoms with van der Waals surface area (Å²) in [6.07, 6.45) is 5.44. The van der Waals surface area contributed by atoms with Crippen molar-refractivity contribution in [3.8, 4) is 0 Å². The number of nitrogens with two attached hydrogens (primary N) is 1. The summed E-state index contributed by atoms with van der Waals surface area (Å²) in [6.45, 7) is 6.78. The van der Waals surface area contributed by atoms with Gasteiger partial charge in [0.15, 0.2) is 0 Å². The summed E-state index contributed by atoms with van der Waals surface area (Å²) in [6, 6.07) is 1.69. The molecule has 2 rings (SSSR count). The molecule has 0 aromatic heterocycles. The summed E-state index contributed by atoms with van der Waals surface area (Å²) in [4.78, 5) is 2.66. The lowest BCUT2D eigenvalue weighted by atomic mass is 10.1. The van der Waals surface area contributed by atoms with Crippen molar-refractivity contribution in [3.63, 3.8) is 0 Å². The molecule has 3 heteroatoms. The topological polar surface area (TPSA) is 41.3 Å². The van der Waals surface area contributed by atoms with Crippen LogP contribution in [-0.4, -0.2) is 43.2 Å². The number of hydrogen-bond donors (Lipinski definition) is 2. The second-order valence-electron chi connectivity index (χ2n) is 5.30. The molecule has 1 saturated heterocycles. The van der Waals surface area contributed by atoms with Crippen molar-refractivity contribution in [2.75, 3.05) is 26.2 Å². The van der Waals surface area contributed by atoms with E-state index in [-0.39, 0.29) is 0 Å². The maximum absolute atomic E-state index is 5.60. The molecule has 3 nitrogen and oxygen atoms in total. The molecule has 0 amide bonds. The van der Waals surface area contributed by atoms with Crippen molar-refractivity contribution in [2.45, 2.75) is 44.7 Å². The molecule has 0 radical (unpaired) electrons. The first-order valence-electron chi connectivity index (χ1n) is 6.47. The van der Waals surface area contributed by atoms with E-state index in [2.05, 4.69) is 17.1 Å². The minimum Gasteiger partial charge on any atom is -0.330 e. The molecule has 2 aliphatic rings. The van der Waals surface area contributed by atoms with Crippen LogP contribution in [0.1, 0.15) is 32.6 Å². The van der Waals surface area contributed by atoms with E-state index in [1.165, 1.54) is 38.8 Å². The van der Waals surface area contributed by atoms with Crippen LogP contribution < -0.4 is 11.1 Å². The molecular formula is C12H25N3. The summed E-state index contributed by atoms with van der Waals surface area (Å²) < 4.78 is 0. The van der Waals surface area contributed by atoms with Gasteiger partial charge < -0.3 is 11.1 Å². The van der Waals surface area contributed by atoms with Gasteiger partial charge in [-0.3, -0.25) is 4.90 Å². The van der Waals surface area contributed by atoms with Crippen LogP contribution in [0.15, 0.2) is 0 Å². The highest BCUT2D eigenvalue weighted by atomic mass is 15.2. The van der Waals surface area contributed by atoms with Crippen LogP contribution in [0.2, 0.25) is 0 Å². The standard InChI is InChI=1S/C12H25N3/c1-10(8-13)4-6-14-11-5-7-15(9-11)12-2-3-12/h10-12,14H,2-9,13H2,1H3. The van der Waals surface area contributed by atoms with Crippen LogP contribution in [0, 0.1) is 5.92 Å². The van der Waals surface area contributed by atoms with Gasteiger partial charge in [-0.25, -0.2) is 0 Å². The third-order valence-corrected chi connectivity index (χ3v) is 3.76. The van der Waals surface area contributed by atoms with Crippen LogP contribution in [-0.2, 0) is 0 Å². The van der Waals surface area contributed by atoms with E-state index in [9.17, 15) is 0 Å². The van der Waals surface area contributed by atoms with Crippen LogP contribution in [0.25, 0.3) is 0 Å². The Balaban J connectivity index is 1.56. The van der Waals surface area contributed by atoms with Gasteiger partial charge >= 0.3 is 0 Å². The first kappa shape index (κ1) is 11.4. The van der Waals surface area contributed by atoms with E-state index < -0.39 is 0 Å². The van der Waals surface area contributed by atoms with Gasteiger partial charge in [0, 0.05) is 25.2 Å². The SMILES string of the molecule is CC(CN)CCNC1CCN(C2CC2)C1. The third kappa shape index (κ3) is 3.44. The Labute approximate surface area is 93.4 Å². The average Bonchev–Trinajstić information content (AvgIpc) is 2.99. The maximum Gasteiger partial charge on any atom is 0.0207 e. The highest BCUT2D eigenvalue weighted by molar-refractivity contribution is 4.91. The normalized spacial score (nSPS) is 29.6. The quantitative estimate of drug-likeness (QED) is 0.683. The zero-order chi connectivity index (χ0) is 10.7. The fourth-order valence-electron chi connectivity index (χ4n) is 2.38. The van der Waals surface area contributed by atoms with Crippen molar-refractivity contribution >= 4 is 0 Å². The van der Waals surface area contributed by atoms with Crippen LogP contribution in [0.4, 0.5) is 0 Å². The molecule has 1 aliphatic heterocycles. The molecule has 2 fully saturated rings. The number of hydrogen-bond acceptors (Lipinski definition) is 3. The van der Waals surface area contributed by atoms with Gasteiger partial charge in [-0.1, -0.05) is 6.92 Å². The second kappa shape index (κ2) is 5.28. The minimum atomic E-state index is 0.665. The lowest BCUT2D eigenvalue weighted by Crippen LogP contribution is -2.34. The number of nitrogens with one attached hydrogen (secondary N) is 1. The highest BCUT2D eigenvalue weighted by Crippen LogP contribution is 2.29. The van der Waals surface area contributed by atoms with Crippen molar-refractivity contribution in [1.29, 1.82) is 0 Å². The van der Waals surface area contributed by atoms with E-state index in [0.717, 1.165) is 25.2 Å². The third-order valence-electron chi connectivity index (χ3n) is 3.76. The summed E-state index contributed by atoms with van der Waals surface area (Å²) in [5, 5.41) is 3.66. The number of likely N-dealkylation sites (tertiary alicyclic amines) is 1. The summed E-state index contributed by atoms with van der Waals surface area (Å²) in [7, 11) is 0. The monoisotopic (exact) mass is 211 g/mol. The van der Waals surface area contributed by atoms with Gasteiger partial charge in [-0.2, -0.15) is 0 Å². The van der Waals surface area contributed by atoms with E-state index in [1.807, 2.05) is 0 Å². The molecule has 0 aromatic carbocycles. The highest BCUT2D eigenvalue weighted by Gasteiger charge is 2.33. The molecule has 1 aliphatic carbocycles. The van der Waals surface area contributed by atoms with E-state index >= 15 is 0 Å². The first-order chi connectivity index (χ1) is 7.29. The second-order valence-corrected chi connectivity index (χ2v) is 5.30. The maximum atomic E-state index is 5.60. The summed E-state index contributed by atoms with van der Waals surface area (Å²) in [5.74, 6) is 0.665. The molecule has 1 heterocycles. The Kier molecular flexibility index (Phi) is 4.00. The van der Waals surface area contributed by atoms with E-state index in [4.69, 9.17) is 5.73 Å². The minimum absolute atomic E-state index is 0.665. The Morgan fingerprint density at radius 1 is 1.40 bits per heavy atom. The van der Waals surface area contributed by atoms with Gasteiger partial charge in [-0.15, -0.1) is 0 Å². The molecule has 3 N–H and O–H groups in total. The molecule has 2 atom stereocenters. The molecule has 2 unspecified atom stereocenters. The van der Waals surface area contributed by atoms with E-state index in [1.54, 1.807) is 0 Å². The van der Waals surface area contributed by atoms with Gasteiger partial charge in [0.2, 0.25) is 0 Å². The van der Waals surface area contributed by atoms with Gasteiger partial charge in [0.05, 0.1) is 0 Å². The Bertz CT molecular complexity index is 191. The smallest absolute Gasteiger partial charge is 0.0207 e. The van der Waals surface area contributed by atoms with E-state index in [0.29, 0.717) is 5.92 Å². The lowest BCUT2D eigenvalue weighted by Gasteiger charge is -2.16. The van der Waals surface area contributed by atoms with Crippen molar-refractivity contribution in [1.82, 2.24) is 10.2 Å². The molecule has 88 valence electrons. The van der Waals surface area contributed by atoms with Crippen LogP contribution >= 0.6 is 0 Å². The molecule has 15 heavy (non-hydrogen) atoms. The van der Waals surface area contributed by atoms with Crippen LogP contribution in [0.5, 0.6) is 0 Å². The molecular weight excluding hydrogens is 186 g/mol. The zero-order valence-electron chi connectivity index (χ0n) is 9.91. The van der Waals surface area contributed by atoms with Crippen LogP contribution in [0.3, 0.4) is 0 Å². The first-order valence-corrected chi connectivity index (χ1v) is 6.47. The Morgan fingerprint density at radius 3 is 2.87 bits per heavy atom. The molecule has 1 saturated carbocycles. The van der Waals surface area contributed by atoms with Gasteiger partial charge in [0.25, 0.3) is 0 Å². The van der Waals surface area contributed by atoms with Crippen molar-refractivity contribution < 1.29 is 0 Å². The fraction of sp³-hybridized carbons (Fsp3) is 1.00. The molecule has 0 spiro atoms. The fourth-order valence-corrected chi connectivity index (χ4v) is 2.38.